The van der Waals surface area contributed by atoms with Gasteiger partial charge in [0.1, 0.15) is 0 Å². The summed E-state index contributed by atoms with van der Waals surface area (Å²) in [6.45, 7) is 7.21. The van der Waals surface area contributed by atoms with Crippen LogP contribution in [-0.2, 0) is 9.53 Å². The molecule has 0 aliphatic rings. The number of rotatable bonds is 2. The predicted octanol–water partition coefficient (Wildman–Crippen LogP) is -0.326. The van der Waals surface area contributed by atoms with E-state index >= 15 is 0 Å². The standard InChI is InChI=1S/C6H10O2.Sn.4H/c1-4-8-6(7)5(2)3;;;;;/h2,4H2,1,3H3;;;;;. The summed E-state index contributed by atoms with van der Waals surface area (Å²) in [6, 6.07) is 0. The zero-order valence-corrected chi connectivity index (χ0v) is 5.23. The Hall–Kier alpha value is 0.00870. The van der Waals surface area contributed by atoms with E-state index in [0.29, 0.717) is 12.2 Å². The first-order valence-electron chi connectivity index (χ1n) is 2.51. The minimum absolute atomic E-state index is 0. The number of carbonyl (C=O) groups excluding carboxylic acids is 1. The second kappa shape index (κ2) is 6.13. The van der Waals surface area contributed by atoms with Crippen LogP contribution >= 0.6 is 0 Å². The number of hydrogen-bond donors (Lipinski definition) is 0. The summed E-state index contributed by atoms with van der Waals surface area (Å²) in [6.07, 6.45) is 0. The predicted molar refractivity (Wildman–Crippen MR) is 42.8 cm³/mol. The maximum absolute atomic E-state index is 10.4. The molecule has 0 fully saturated rings. The van der Waals surface area contributed by atoms with E-state index in [1.54, 1.807) is 13.8 Å². The molecule has 0 saturated heterocycles. The Balaban J connectivity index is 0. The van der Waals surface area contributed by atoms with Crippen molar-refractivity contribution < 1.29 is 9.53 Å². The fraction of sp³-hybridized carbons (Fsp3) is 0.500. The molecule has 54 valence electrons. The van der Waals surface area contributed by atoms with Gasteiger partial charge in [0, 0.05) is 5.57 Å². The van der Waals surface area contributed by atoms with Crippen molar-refractivity contribution >= 4 is 29.9 Å². The zero-order valence-electron chi connectivity index (χ0n) is 5.23. The van der Waals surface area contributed by atoms with Crippen LogP contribution < -0.4 is 0 Å². The molecule has 0 unspecified atom stereocenters. The van der Waals surface area contributed by atoms with Gasteiger partial charge in [0.05, 0.1) is 6.61 Å². The Kier molecular flexibility index (Phi) is 8.02. The first-order valence-corrected chi connectivity index (χ1v) is 2.51. The molecule has 0 amide bonds. The summed E-state index contributed by atoms with van der Waals surface area (Å²) in [5.74, 6) is -0.312. The van der Waals surface area contributed by atoms with E-state index in [1.807, 2.05) is 0 Å². The summed E-state index contributed by atoms with van der Waals surface area (Å²) in [4.78, 5) is 10.4. The maximum atomic E-state index is 10.4. The third-order valence-electron chi connectivity index (χ3n) is 0.624. The molecule has 9 heavy (non-hydrogen) atoms. The van der Waals surface area contributed by atoms with Crippen molar-refractivity contribution in [2.24, 2.45) is 0 Å². The fourth-order valence-corrected chi connectivity index (χ4v) is 0.254. The van der Waals surface area contributed by atoms with Crippen LogP contribution in [0.25, 0.3) is 0 Å². The SMILES string of the molecule is C=C(C)C(=O)OCC.[SnH4]. The van der Waals surface area contributed by atoms with Crippen molar-refractivity contribution in [3.63, 3.8) is 0 Å². The number of hydrogen-bond acceptors (Lipinski definition) is 2. The number of esters is 1. The molecule has 0 N–H and O–H groups in total. The van der Waals surface area contributed by atoms with Crippen LogP contribution in [0.4, 0.5) is 0 Å². The van der Waals surface area contributed by atoms with Gasteiger partial charge >= 0.3 is 29.9 Å². The van der Waals surface area contributed by atoms with E-state index in [1.165, 1.54) is 0 Å². The molecule has 0 radical (unpaired) electrons. The molecule has 0 heterocycles. The second-order valence-electron chi connectivity index (χ2n) is 1.50. The summed E-state index contributed by atoms with van der Waals surface area (Å²) < 4.78 is 4.56. The van der Waals surface area contributed by atoms with Gasteiger partial charge in [0.15, 0.2) is 0 Å². The Morgan fingerprint density at radius 3 is 2.22 bits per heavy atom. The van der Waals surface area contributed by atoms with Gasteiger partial charge in [0.25, 0.3) is 0 Å². The average molecular weight is 237 g/mol. The molecular weight excluding hydrogens is 223 g/mol. The molecule has 0 aromatic rings. The molecule has 0 bridgehead atoms. The van der Waals surface area contributed by atoms with Gasteiger partial charge in [-0.1, -0.05) is 6.58 Å². The third kappa shape index (κ3) is 5.89. The normalized spacial score (nSPS) is 7.33. The molecule has 0 aliphatic carbocycles. The van der Waals surface area contributed by atoms with Crippen LogP contribution in [0.15, 0.2) is 12.2 Å². The van der Waals surface area contributed by atoms with Gasteiger partial charge in [-0.05, 0) is 13.8 Å². The quantitative estimate of drug-likeness (QED) is 0.373. The summed E-state index contributed by atoms with van der Waals surface area (Å²) in [5.41, 5.74) is 0.451. The van der Waals surface area contributed by atoms with Crippen molar-refractivity contribution in [2.45, 2.75) is 13.8 Å². The molecule has 0 rings (SSSR count). The van der Waals surface area contributed by atoms with E-state index in [9.17, 15) is 4.79 Å². The first kappa shape index (κ1) is 11.8. The molecule has 0 aromatic carbocycles. The Bertz CT molecular complexity index is 110. The Labute approximate surface area is 72.2 Å². The van der Waals surface area contributed by atoms with E-state index in [0.717, 1.165) is 0 Å². The van der Waals surface area contributed by atoms with Gasteiger partial charge in [-0.15, -0.1) is 0 Å². The summed E-state index contributed by atoms with van der Waals surface area (Å²) in [5, 5.41) is 0. The van der Waals surface area contributed by atoms with Crippen molar-refractivity contribution in [2.75, 3.05) is 6.61 Å². The van der Waals surface area contributed by atoms with E-state index in [2.05, 4.69) is 11.3 Å². The van der Waals surface area contributed by atoms with Crippen molar-refractivity contribution in [1.29, 1.82) is 0 Å². The Morgan fingerprint density at radius 2 is 2.11 bits per heavy atom. The summed E-state index contributed by atoms with van der Waals surface area (Å²) >= 11 is 0. The van der Waals surface area contributed by atoms with Gasteiger partial charge in [0.2, 0.25) is 0 Å². The monoisotopic (exact) mass is 238 g/mol. The molecule has 0 atom stereocenters. The van der Waals surface area contributed by atoms with Crippen LogP contribution in [0.2, 0.25) is 0 Å². The molecule has 0 aliphatic heterocycles. The van der Waals surface area contributed by atoms with Crippen LogP contribution in [0.5, 0.6) is 0 Å². The molecule has 2 nitrogen and oxygen atoms in total. The third-order valence-corrected chi connectivity index (χ3v) is 0.624. The minimum atomic E-state index is -0.312. The van der Waals surface area contributed by atoms with Crippen LogP contribution in [-0.4, -0.2) is 36.5 Å². The van der Waals surface area contributed by atoms with E-state index < -0.39 is 0 Å². The Morgan fingerprint density at radius 1 is 1.67 bits per heavy atom. The van der Waals surface area contributed by atoms with Crippen molar-refractivity contribution in [3.8, 4) is 0 Å². The average Bonchev–Trinajstić information content (AvgIpc) is 1.67. The van der Waals surface area contributed by atoms with Crippen LogP contribution in [0, 0.1) is 0 Å². The molecular formula is C6H14O2Sn. The molecule has 0 spiro atoms. The first-order chi connectivity index (χ1) is 3.68. The van der Waals surface area contributed by atoms with Crippen molar-refractivity contribution in [1.82, 2.24) is 0 Å². The summed E-state index contributed by atoms with van der Waals surface area (Å²) in [7, 11) is 0. The van der Waals surface area contributed by atoms with Gasteiger partial charge < -0.3 is 4.74 Å². The molecule has 0 saturated carbocycles. The topological polar surface area (TPSA) is 26.3 Å². The van der Waals surface area contributed by atoms with Crippen molar-refractivity contribution in [3.05, 3.63) is 12.2 Å². The second-order valence-corrected chi connectivity index (χ2v) is 1.50. The van der Waals surface area contributed by atoms with E-state index in [-0.39, 0.29) is 29.9 Å². The fourth-order valence-electron chi connectivity index (χ4n) is 0.254. The van der Waals surface area contributed by atoms with Gasteiger partial charge in [-0.25, -0.2) is 4.79 Å². The van der Waals surface area contributed by atoms with Gasteiger partial charge in [-0.3, -0.25) is 0 Å². The van der Waals surface area contributed by atoms with Crippen LogP contribution in [0.1, 0.15) is 13.8 Å². The number of carbonyl (C=O) groups is 1. The van der Waals surface area contributed by atoms with Crippen LogP contribution in [0.3, 0.4) is 0 Å². The number of ether oxygens (including phenoxy) is 1. The molecule has 3 heteroatoms. The zero-order chi connectivity index (χ0) is 6.57. The van der Waals surface area contributed by atoms with E-state index in [4.69, 9.17) is 0 Å². The van der Waals surface area contributed by atoms with Gasteiger partial charge in [-0.2, -0.15) is 0 Å². The molecule has 0 aromatic heterocycles.